The van der Waals surface area contributed by atoms with Gasteiger partial charge in [0.15, 0.2) is 4.34 Å². The molecule has 1 N–H and O–H groups in total. The fraction of sp³-hybridized carbons (Fsp3) is 0.286. The Bertz CT molecular complexity index is 991. The highest BCUT2D eigenvalue weighted by molar-refractivity contribution is 8.00. The molecular weight excluding hydrogens is 423 g/mol. The van der Waals surface area contributed by atoms with Crippen LogP contribution >= 0.6 is 23.1 Å². The van der Waals surface area contributed by atoms with E-state index in [1.165, 1.54) is 29.2 Å². The van der Waals surface area contributed by atoms with Gasteiger partial charge in [-0.2, -0.15) is 0 Å². The third-order valence-electron chi connectivity index (χ3n) is 4.66. The summed E-state index contributed by atoms with van der Waals surface area (Å²) < 4.78 is 19.7. The van der Waals surface area contributed by atoms with Gasteiger partial charge in [0, 0.05) is 31.0 Å². The van der Waals surface area contributed by atoms with Crippen molar-refractivity contribution in [1.82, 2.24) is 15.1 Å². The van der Waals surface area contributed by atoms with Crippen LogP contribution in [-0.2, 0) is 17.0 Å². The number of ether oxygens (including phenoxy) is 1. The summed E-state index contributed by atoms with van der Waals surface area (Å²) in [6.45, 7) is 4.24. The summed E-state index contributed by atoms with van der Waals surface area (Å²) in [6.07, 6.45) is 0. The van der Waals surface area contributed by atoms with Gasteiger partial charge in [-0.05, 0) is 29.3 Å². The van der Waals surface area contributed by atoms with Gasteiger partial charge in [0.25, 0.3) is 5.91 Å². The molecule has 1 amide bonds. The summed E-state index contributed by atoms with van der Waals surface area (Å²) >= 11 is 2.67. The molecule has 9 heteroatoms. The van der Waals surface area contributed by atoms with Crippen LogP contribution in [0.4, 0.5) is 9.52 Å². The Morgan fingerprint density at radius 3 is 2.67 bits per heavy atom. The van der Waals surface area contributed by atoms with Gasteiger partial charge >= 0.3 is 0 Å². The molecule has 1 fully saturated rings. The van der Waals surface area contributed by atoms with E-state index in [1.807, 2.05) is 24.3 Å². The fourth-order valence-electron chi connectivity index (χ4n) is 3.02. The standard InChI is InChI=1S/C21H21FN4O2S2/c22-18-4-2-1-3-17(18)14-29-21-25-24-20(30-21)23-19(27)16-7-5-15(6-8-16)13-26-9-11-28-12-10-26/h1-8H,9-14H2,(H,23,24,27). The number of morpholine rings is 1. The van der Waals surface area contributed by atoms with Gasteiger partial charge in [0.1, 0.15) is 5.82 Å². The van der Waals surface area contributed by atoms with E-state index in [0.29, 0.717) is 26.4 Å². The second-order valence-electron chi connectivity index (χ2n) is 6.79. The number of hydrogen-bond acceptors (Lipinski definition) is 7. The summed E-state index contributed by atoms with van der Waals surface area (Å²) in [5.41, 5.74) is 2.34. The molecule has 2 heterocycles. The third-order valence-corrected chi connectivity index (χ3v) is 6.68. The average molecular weight is 445 g/mol. The summed E-state index contributed by atoms with van der Waals surface area (Å²) in [4.78, 5) is 14.8. The Morgan fingerprint density at radius 1 is 1.13 bits per heavy atom. The number of nitrogens with one attached hydrogen (secondary N) is 1. The van der Waals surface area contributed by atoms with Crippen LogP contribution in [0.15, 0.2) is 52.9 Å². The van der Waals surface area contributed by atoms with E-state index in [2.05, 4.69) is 20.4 Å². The second-order valence-corrected chi connectivity index (χ2v) is 8.99. The summed E-state index contributed by atoms with van der Waals surface area (Å²) in [7, 11) is 0. The van der Waals surface area contributed by atoms with Gasteiger partial charge < -0.3 is 4.74 Å². The molecule has 30 heavy (non-hydrogen) atoms. The van der Waals surface area contributed by atoms with E-state index in [1.54, 1.807) is 18.2 Å². The Balaban J connectivity index is 1.30. The SMILES string of the molecule is O=C(Nc1nnc(SCc2ccccc2F)s1)c1ccc(CN2CCOCC2)cc1. The predicted molar refractivity (Wildman–Crippen MR) is 116 cm³/mol. The highest BCUT2D eigenvalue weighted by Gasteiger charge is 2.13. The first kappa shape index (κ1) is 20.9. The fourth-order valence-corrected chi connectivity index (χ4v) is 4.76. The van der Waals surface area contributed by atoms with Crippen LogP contribution in [0.5, 0.6) is 0 Å². The lowest BCUT2D eigenvalue weighted by atomic mass is 10.1. The van der Waals surface area contributed by atoms with Crippen molar-refractivity contribution in [2.45, 2.75) is 16.6 Å². The van der Waals surface area contributed by atoms with Gasteiger partial charge in [-0.3, -0.25) is 15.0 Å². The number of halogens is 1. The molecule has 1 aliphatic heterocycles. The lowest BCUT2D eigenvalue weighted by Gasteiger charge is -2.26. The van der Waals surface area contributed by atoms with Crippen molar-refractivity contribution in [2.75, 3.05) is 31.6 Å². The maximum atomic E-state index is 13.7. The van der Waals surface area contributed by atoms with Crippen molar-refractivity contribution in [1.29, 1.82) is 0 Å². The van der Waals surface area contributed by atoms with Crippen molar-refractivity contribution in [3.8, 4) is 0 Å². The molecule has 0 aliphatic carbocycles. The van der Waals surface area contributed by atoms with Crippen LogP contribution in [0.1, 0.15) is 21.5 Å². The van der Waals surface area contributed by atoms with Crippen molar-refractivity contribution in [3.05, 3.63) is 71.0 Å². The Kier molecular flexibility index (Phi) is 7.06. The van der Waals surface area contributed by atoms with Crippen LogP contribution in [0.3, 0.4) is 0 Å². The summed E-state index contributed by atoms with van der Waals surface area (Å²) in [5, 5.41) is 11.3. The largest absolute Gasteiger partial charge is 0.379 e. The number of rotatable bonds is 7. The van der Waals surface area contributed by atoms with E-state index in [4.69, 9.17) is 4.74 Å². The molecule has 0 bridgehead atoms. The number of benzene rings is 2. The molecule has 1 aliphatic rings. The molecule has 2 aromatic carbocycles. The van der Waals surface area contributed by atoms with Crippen LogP contribution < -0.4 is 5.32 Å². The zero-order chi connectivity index (χ0) is 20.8. The molecule has 4 rings (SSSR count). The molecule has 0 saturated carbocycles. The molecule has 0 atom stereocenters. The highest BCUT2D eigenvalue weighted by Crippen LogP contribution is 2.29. The van der Waals surface area contributed by atoms with E-state index in [-0.39, 0.29) is 11.7 Å². The minimum absolute atomic E-state index is 0.227. The maximum Gasteiger partial charge on any atom is 0.257 e. The van der Waals surface area contributed by atoms with Gasteiger partial charge in [0.2, 0.25) is 5.13 Å². The minimum Gasteiger partial charge on any atom is -0.379 e. The van der Waals surface area contributed by atoms with Gasteiger partial charge in [-0.25, -0.2) is 4.39 Å². The molecule has 6 nitrogen and oxygen atoms in total. The lowest BCUT2D eigenvalue weighted by Crippen LogP contribution is -2.35. The average Bonchev–Trinajstić information content (AvgIpc) is 3.21. The van der Waals surface area contributed by atoms with Gasteiger partial charge in [-0.1, -0.05) is 53.4 Å². The van der Waals surface area contributed by atoms with Crippen molar-refractivity contribution in [3.63, 3.8) is 0 Å². The topological polar surface area (TPSA) is 67.4 Å². The van der Waals surface area contributed by atoms with Crippen LogP contribution in [-0.4, -0.2) is 47.3 Å². The third kappa shape index (κ3) is 5.63. The molecule has 3 aromatic rings. The maximum absolute atomic E-state index is 13.7. The first-order chi connectivity index (χ1) is 14.7. The summed E-state index contributed by atoms with van der Waals surface area (Å²) in [6, 6.07) is 14.2. The van der Waals surface area contributed by atoms with E-state index in [0.717, 1.165) is 38.4 Å². The van der Waals surface area contributed by atoms with Crippen molar-refractivity contribution < 1.29 is 13.9 Å². The van der Waals surface area contributed by atoms with Gasteiger partial charge in [-0.15, -0.1) is 10.2 Å². The van der Waals surface area contributed by atoms with Crippen molar-refractivity contribution in [2.24, 2.45) is 0 Å². The van der Waals surface area contributed by atoms with E-state index in [9.17, 15) is 9.18 Å². The Hall–Kier alpha value is -2.33. The number of aromatic nitrogens is 2. The molecule has 0 radical (unpaired) electrons. The lowest BCUT2D eigenvalue weighted by molar-refractivity contribution is 0.0342. The number of nitrogens with zero attached hydrogens (tertiary/aromatic N) is 3. The molecular formula is C21H21FN4O2S2. The number of hydrogen-bond donors (Lipinski definition) is 1. The van der Waals surface area contributed by atoms with Crippen LogP contribution in [0.25, 0.3) is 0 Å². The molecule has 0 unspecified atom stereocenters. The zero-order valence-electron chi connectivity index (χ0n) is 16.2. The molecule has 0 spiro atoms. The Labute approximate surface area is 182 Å². The van der Waals surface area contributed by atoms with Gasteiger partial charge in [0.05, 0.1) is 13.2 Å². The number of carbonyl (C=O) groups is 1. The van der Waals surface area contributed by atoms with Crippen LogP contribution in [0, 0.1) is 5.82 Å². The molecule has 156 valence electrons. The quantitative estimate of drug-likeness (QED) is 0.438. The summed E-state index contributed by atoms with van der Waals surface area (Å²) in [5.74, 6) is -0.00492. The van der Waals surface area contributed by atoms with Crippen LogP contribution in [0.2, 0.25) is 0 Å². The number of amides is 1. The van der Waals surface area contributed by atoms with E-state index >= 15 is 0 Å². The number of carbonyl (C=O) groups excluding carboxylic acids is 1. The first-order valence-electron chi connectivity index (χ1n) is 9.57. The molecule has 1 saturated heterocycles. The smallest absolute Gasteiger partial charge is 0.257 e. The minimum atomic E-state index is -0.236. The molecule has 1 aromatic heterocycles. The Morgan fingerprint density at radius 2 is 1.90 bits per heavy atom. The number of anilines is 1. The first-order valence-corrected chi connectivity index (χ1v) is 11.4. The van der Waals surface area contributed by atoms with Crippen molar-refractivity contribution >= 4 is 34.1 Å². The predicted octanol–water partition coefficient (Wildman–Crippen LogP) is 4.05. The monoisotopic (exact) mass is 444 g/mol. The number of thioether (sulfide) groups is 1. The zero-order valence-corrected chi connectivity index (χ0v) is 17.8. The van der Waals surface area contributed by atoms with E-state index < -0.39 is 0 Å². The highest BCUT2D eigenvalue weighted by atomic mass is 32.2. The second kappa shape index (κ2) is 10.1. The normalized spacial score (nSPS) is 14.6.